The van der Waals surface area contributed by atoms with E-state index in [-0.39, 0.29) is 5.56 Å². The number of hydrogen-bond donors (Lipinski definition) is 0. The zero-order chi connectivity index (χ0) is 16.9. The highest BCUT2D eigenvalue weighted by Gasteiger charge is 2.21. The summed E-state index contributed by atoms with van der Waals surface area (Å²) in [4.78, 5) is 22.3. The molecule has 0 bridgehead atoms. The first-order chi connectivity index (χ1) is 11.7. The second kappa shape index (κ2) is 7.13. The van der Waals surface area contributed by atoms with Gasteiger partial charge in [-0.25, -0.2) is 9.97 Å². The third kappa shape index (κ3) is 3.54. The molecule has 0 unspecified atom stereocenters. The summed E-state index contributed by atoms with van der Waals surface area (Å²) < 4.78 is 7.18. The van der Waals surface area contributed by atoms with Crippen LogP contribution in [-0.4, -0.2) is 34.2 Å². The summed E-state index contributed by atoms with van der Waals surface area (Å²) in [6.45, 7) is 2.21. The molecule has 1 aliphatic heterocycles. The first-order valence-electron chi connectivity index (χ1n) is 7.93. The summed E-state index contributed by atoms with van der Waals surface area (Å²) >= 11 is 0. The molecular weight excluding hydrogens is 306 g/mol. The molecule has 0 saturated carbocycles. The van der Waals surface area contributed by atoms with E-state index in [1.165, 1.54) is 4.57 Å². The number of piperidine rings is 1. The first kappa shape index (κ1) is 16.0. The maximum absolute atomic E-state index is 11.7. The van der Waals surface area contributed by atoms with Crippen LogP contribution >= 0.6 is 0 Å². The van der Waals surface area contributed by atoms with Gasteiger partial charge in [-0.05, 0) is 30.9 Å². The molecule has 7 nitrogen and oxygen atoms in total. The largest absolute Gasteiger partial charge is 0.476 e. The standard InChI is InChI=1S/C17H19N5O2/c1-21-12-20-15(9-16(21)23)22-7-4-13(5-8-22)11-24-17-14(10-18)3-2-6-19-17/h2-3,6,9,12-13H,4-5,7-8,11H2,1H3. The van der Waals surface area contributed by atoms with E-state index in [2.05, 4.69) is 20.9 Å². The summed E-state index contributed by atoms with van der Waals surface area (Å²) in [5, 5.41) is 9.05. The fourth-order valence-corrected chi connectivity index (χ4v) is 2.74. The molecule has 124 valence electrons. The summed E-state index contributed by atoms with van der Waals surface area (Å²) in [6, 6.07) is 7.08. The van der Waals surface area contributed by atoms with Gasteiger partial charge in [0.1, 0.15) is 17.5 Å². The molecule has 1 saturated heterocycles. The van der Waals surface area contributed by atoms with Crippen molar-refractivity contribution in [3.8, 4) is 11.9 Å². The van der Waals surface area contributed by atoms with E-state index in [1.807, 2.05) is 0 Å². The van der Waals surface area contributed by atoms with Gasteiger partial charge in [0, 0.05) is 32.4 Å². The number of ether oxygens (including phenoxy) is 1. The van der Waals surface area contributed by atoms with Gasteiger partial charge >= 0.3 is 0 Å². The van der Waals surface area contributed by atoms with Gasteiger partial charge in [-0.1, -0.05) is 0 Å². The van der Waals surface area contributed by atoms with Gasteiger partial charge in [0.2, 0.25) is 5.88 Å². The number of anilines is 1. The molecule has 0 radical (unpaired) electrons. The average Bonchev–Trinajstić information content (AvgIpc) is 2.63. The van der Waals surface area contributed by atoms with E-state index >= 15 is 0 Å². The Bertz CT molecular complexity index is 803. The lowest BCUT2D eigenvalue weighted by molar-refractivity contribution is 0.215. The normalized spacial score (nSPS) is 15.1. The minimum atomic E-state index is -0.0513. The second-order valence-corrected chi connectivity index (χ2v) is 5.91. The van der Waals surface area contributed by atoms with Gasteiger partial charge < -0.3 is 14.2 Å². The van der Waals surface area contributed by atoms with Crippen LogP contribution in [0.15, 0.2) is 35.5 Å². The van der Waals surface area contributed by atoms with E-state index in [9.17, 15) is 4.79 Å². The fraction of sp³-hybridized carbons (Fsp3) is 0.412. The van der Waals surface area contributed by atoms with Crippen LogP contribution in [0.2, 0.25) is 0 Å². The Kier molecular flexibility index (Phi) is 4.75. The molecule has 1 aliphatic rings. The summed E-state index contributed by atoms with van der Waals surface area (Å²) in [7, 11) is 1.69. The second-order valence-electron chi connectivity index (χ2n) is 5.91. The van der Waals surface area contributed by atoms with Crippen LogP contribution in [-0.2, 0) is 7.05 Å². The minimum absolute atomic E-state index is 0.0513. The topological polar surface area (TPSA) is 84.0 Å². The minimum Gasteiger partial charge on any atom is -0.476 e. The molecule has 1 fully saturated rings. The lowest BCUT2D eigenvalue weighted by atomic mass is 9.98. The van der Waals surface area contributed by atoms with Gasteiger partial charge in [0.15, 0.2) is 0 Å². The third-order valence-electron chi connectivity index (χ3n) is 4.25. The van der Waals surface area contributed by atoms with Gasteiger partial charge in [0.05, 0.1) is 12.9 Å². The van der Waals surface area contributed by atoms with Crippen LogP contribution in [0, 0.1) is 17.2 Å². The third-order valence-corrected chi connectivity index (χ3v) is 4.25. The van der Waals surface area contributed by atoms with Gasteiger partial charge in [-0.2, -0.15) is 5.26 Å². The predicted molar refractivity (Wildman–Crippen MR) is 88.9 cm³/mol. The van der Waals surface area contributed by atoms with E-state index in [4.69, 9.17) is 10.00 Å². The number of aromatic nitrogens is 3. The smallest absolute Gasteiger partial charge is 0.255 e. The number of pyridine rings is 1. The number of nitriles is 1. The Morgan fingerprint density at radius 2 is 2.17 bits per heavy atom. The lowest BCUT2D eigenvalue weighted by Gasteiger charge is -2.32. The molecule has 7 heteroatoms. The van der Waals surface area contributed by atoms with E-state index in [0.717, 1.165) is 31.7 Å². The van der Waals surface area contributed by atoms with E-state index < -0.39 is 0 Å². The Hall–Kier alpha value is -2.88. The van der Waals surface area contributed by atoms with Crippen molar-refractivity contribution in [3.05, 3.63) is 46.6 Å². The molecule has 0 amide bonds. The van der Waals surface area contributed by atoms with Crippen LogP contribution in [0.5, 0.6) is 5.88 Å². The van der Waals surface area contributed by atoms with E-state index in [0.29, 0.717) is 24.0 Å². The zero-order valence-corrected chi connectivity index (χ0v) is 13.6. The van der Waals surface area contributed by atoms with E-state index in [1.54, 1.807) is 37.8 Å². The average molecular weight is 325 g/mol. The Balaban J connectivity index is 1.54. The van der Waals surface area contributed by atoms with Crippen LogP contribution in [0.4, 0.5) is 5.82 Å². The van der Waals surface area contributed by atoms with Crippen LogP contribution < -0.4 is 15.2 Å². The molecule has 2 aromatic heterocycles. The molecule has 0 spiro atoms. The maximum Gasteiger partial charge on any atom is 0.255 e. The first-order valence-corrected chi connectivity index (χ1v) is 7.93. The van der Waals surface area contributed by atoms with Crippen molar-refractivity contribution in [1.29, 1.82) is 5.26 Å². The van der Waals surface area contributed by atoms with Crippen molar-refractivity contribution in [2.75, 3.05) is 24.6 Å². The number of nitrogens with zero attached hydrogens (tertiary/aromatic N) is 5. The highest BCUT2D eigenvalue weighted by molar-refractivity contribution is 5.38. The quantitative estimate of drug-likeness (QED) is 0.843. The van der Waals surface area contributed by atoms with Gasteiger partial charge in [-0.15, -0.1) is 0 Å². The number of hydrogen-bond acceptors (Lipinski definition) is 6. The van der Waals surface area contributed by atoms with Crippen molar-refractivity contribution >= 4 is 5.82 Å². The molecule has 0 N–H and O–H groups in total. The zero-order valence-electron chi connectivity index (χ0n) is 13.6. The van der Waals surface area contributed by atoms with Crippen LogP contribution in [0.1, 0.15) is 18.4 Å². The number of aryl methyl sites for hydroxylation is 1. The number of rotatable bonds is 4. The highest BCUT2D eigenvalue weighted by atomic mass is 16.5. The monoisotopic (exact) mass is 325 g/mol. The van der Waals surface area contributed by atoms with Gasteiger partial charge in [-0.3, -0.25) is 4.79 Å². The van der Waals surface area contributed by atoms with Crippen molar-refractivity contribution < 1.29 is 4.74 Å². The van der Waals surface area contributed by atoms with Crippen molar-refractivity contribution in [1.82, 2.24) is 14.5 Å². The Labute approximate surface area is 140 Å². The molecule has 3 rings (SSSR count). The molecule has 3 heterocycles. The van der Waals surface area contributed by atoms with Gasteiger partial charge in [0.25, 0.3) is 5.56 Å². The van der Waals surface area contributed by atoms with Crippen LogP contribution in [0.3, 0.4) is 0 Å². The Morgan fingerprint density at radius 3 is 2.88 bits per heavy atom. The fourth-order valence-electron chi connectivity index (χ4n) is 2.74. The van der Waals surface area contributed by atoms with Crippen LogP contribution in [0.25, 0.3) is 0 Å². The van der Waals surface area contributed by atoms with Crippen molar-refractivity contribution in [2.24, 2.45) is 13.0 Å². The van der Waals surface area contributed by atoms with Crippen molar-refractivity contribution in [2.45, 2.75) is 12.8 Å². The molecule has 0 aromatic carbocycles. The molecule has 2 aromatic rings. The SMILES string of the molecule is Cn1cnc(N2CCC(COc3ncccc3C#N)CC2)cc1=O. The summed E-state index contributed by atoms with van der Waals surface area (Å²) in [5.74, 6) is 1.53. The Morgan fingerprint density at radius 1 is 1.38 bits per heavy atom. The molecule has 0 atom stereocenters. The lowest BCUT2D eigenvalue weighted by Crippen LogP contribution is -2.37. The summed E-state index contributed by atoms with van der Waals surface area (Å²) in [5.41, 5.74) is 0.406. The molecule has 0 aliphatic carbocycles. The summed E-state index contributed by atoms with van der Waals surface area (Å²) in [6.07, 6.45) is 5.08. The maximum atomic E-state index is 11.7. The van der Waals surface area contributed by atoms with Crippen molar-refractivity contribution in [3.63, 3.8) is 0 Å². The molecule has 24 heavy (non-hydrogen) atoms. The highest BCUT2D eigenvalue weighted by Crippen LogP contribution is 2.22. The predicted octanol–water partition coefficient (Wildman–Crippen LogP) is 1.34. The molecular formula is C17H19N5O2.